The summed E-state index contributed by atoms with van der Waals surface area (Å²) in [7, 11) is 0. The van der Waals surface area contributed by atoms with E-state index in [0.717, 1.165) is 48.7 Å². The molecule has 0 bridgehead atoms. The molecule has 8 heteroatoms. The predicted octanol–water partition coefficient (Wildman–Crippen LogP) is 2.19. The molecule has 0 unspecified atom stereocenters. The van der Waals surface area contributed by atoms with Gasteiger partial charge in [0.15, 0.2) is 0 Å². The van der Waals surface area contributed by atoms with Crippen LogP contribution < -0.4 is 15.5 Å². The van der Waals surface area contributed by atoms with Crippen LogP contribution in [0.3, 0.4) is 0 Å². The van der Waals surface area contributed by atoms with E-state index in [-0.39, 0.29) is 5.91 Å². The maximum atomic E-state index is 12.2. The zero-order valence-electron chi connectivity index (χ0n) is 15.7. The number of anilines is 2. The van der Waals surface area contributed by atoms with Gasteiger partial charge in [0, 0.05) is 42.7 Å². The fourth-order valence-electron chi connectivity index (χ4n) is 2.81. The monoisotopic (exact) mass is 387 g/mol. The summed E-state index contributed by atoms with van der Waals surface area (Å²) in [6.07, 6.45) is 2.01. The van der Waals surface area contributed by atoms with E-state index in [4.69, 9.17) is 4.74 Å². The summed E-state index contributed by atoms with van der Waals surface area (Å²) in [5, 5.41) is 6.18. The Bertz CT molecular complexity index is 763. The van der Waals surface area contributed by atoms with E-state index in [1.54, 1.807) is 11.8 Å². The number of aromatic nitrogens is 2. The summed E-state index contributed by atoms with van der Waals surface area (Å²) in [5.74, 6) is 2.32. The van der Waals surface area contributed by atoms with E-state index in [1.165, 1.54) is 0 Å². The second-order valence-corrected chi connectivity index (χ2v) is 7.05. The summed E-state index contributed by atoms with van der Waals surface area (Å²) in [6, 6.07) is 9.54. The van der Waals surface area contributed by atoms with Crippen molar-refractivity contribution in [3.63, 3.8) is 0 Å². The quantitative estimate of drug-likeness (QED) is 0.557. The minimum Gasteiger partial charge on any atom is -0.378 e. The number of hydrogen-bond donors (Lipinski definition) is 2. The van der Waals surface area contributed by atoms with Crippen LogP contribution >= 0.6 is 11.8 Å². The van der Waals surface area contributed by atoms with E-state index < -0.39 is 0 Å². The lowest BCUT2D eigenvalue weighted by Gasteiger charge is -2.28. The fourth-order valence-corrected chi connectivity index (χ4v) is 3.22. The number of rotatable bonds is 7. The van der Waals surface area contributed by atoms with Gasteiger partial charge in [-0.15, -0.1) is 11.8 Å². The van der Waals surface area contributed by atoms with Crippen LogP contribution in [-0.2, 0) is 4.74 Å². The highest BCUT2D eigenvalue weighted by molar-refractivity contribution is 7.98. The number of amides is 1. The Hall–Kier alpha value is -2.32. The lowest BCUT2D eigenvalue weighted by Crippen LogP contribution is -2.37. The Morgan fingerprint density at radius 3 is 2.63 bits per heavy atom. The maximum absolute atomic E-state index is 12.2. The van der Waals surface area contributed by atoms with Crippen LogP contribution in [0.1, 0.15) is 16.2 Å². The smallest absolute Gasteiger partial charge is 0.251 e. The highest BCUT2D eigenvalue weighted by atomic mass is 32.2. The highest BCUT2D eigenvalue weighted by Gasteiger charge is 2.14. The standard InChI is InChI=1S/C19H25N5O2S/c1-14-22-17(13-18(23-14)24-9-11-26-12-10-24)20-7-8-21-19(25)15-3-5-16(27-2)6-4-15/h3-6,13H,7-12H2,1-2H3,(H,21,25)(H,20,22,23). The second-order valence-electron chi connectivity index (χ2n) is 6.17. The number of morpholine rings is 1. The molecule has 0 aliphatic carbocycles. The van der Waals surface area contributed by atoms with E-state index in [9.17, 15) is 4.79 Å². The van der Waals surface area contributed by atoms with Crippen molar-refractivity contribution in [3.05, 3.63) is 41.7 Å². The van der Waals surface area contributed by atoms with Gasteiger partial charge >= 0.3 is 0 Å². The first-order chi connectivity index (χ1) is 13.2. The molecule has 0 atom stereocenters. The molecule has 1 amide bonds. The van der Waals surface area contributed by atoms with Gasteiger partial charge in [-0.2, -0.15) is 0 Å². The Morgan fingerprint density at radius 2 is 1.93 bits per heavy atom. The molecule has 2 heterocycles. The first-order valence-corrected chi connectivity index (χ1v) is 10.2. The molecule has 0 saturated carbocycles. The molecule has 0 radical (unpaired) electrons. The van der Waals surface area contributed by atoms with Gasteiger partial charge in [0.25, 0.3) is 5.91 Å². The lowest BCUT2D eigenvalue weighted by molar-refractivity contribution is 0.0955. The third-order valence-electron chi connectivity index (χ3n) is 4.23. The number of thioether (sulfide) groups is 1. The number of aryl methyl sites for hydroxylation is 1. The van der Waals surface area contributed by atoms with Crippen LogP contribution in [0.15, 0.2) is 35.2 Å². The number of ether oxygens (including phenoxy) is 1. The van der Waals surface area contributed by atoms with Crippen molar-refractivity contribution in [2.45, 2.75) is 11.8 Å². The topological polar surface area (TPSA) is 79.4 Å². The maximum Gasteiger partial charge on any atom is 0.251 e. The molecule has 1 fully saturated rings. The molecular weight excluding hydrogens is 362 g/mol. The number of hydrogen-bond acceptors (Lipinski definition) is 7. The molecule has 1 saturated heterocycles. The van der Waals surface area contributed by atoms with Gasteiger partial charge in [0.05, 0.1) is 13.2 Å². The number of benzene rings is 1. The van der Waals surface area contributed by atoms with Crippen LogP contribution in [-0.4, -0.2) is 61.5 Å². The third-order valence-corrected chi connectivity index (χ3v) is 4.97. The molecule has 1 aliphatic heterocycles. The number of carbonyl (C=O) groups is 1. The van der Waals surface area contributed by atoms with Gasteiger partial charge in [-0.3, -0.25) is 4.79 Å². The third kappa shape index (κ3) is 5.58. The summed E-state index contributed by atoms with van der Waals surface area (Å²) >= 11 is 1.66. The van der Waals surface area contributed by atoms with Gasteiger partial charge in [-0.05, 0) is 37.4 Å². The SMILES string of the molecule is CSc1ccc(C(=O)NCCNc2cc(N3CCOCC3)nc(C)n2)cc1. The lowest BCUT2D eigenvalue weighted by atomic mass is 10.2. The van der Waals surface area contributed by atoms with Gasteiger partial charge in [0.2, 0.25) is 0 Å². The number of nitrogens with zero attached hydrogens (tertiary/aromatic N) is 3. The van der Waals surface area contributed by atoms with Crippen molar-refractivity contribution in [1.82, 2.24) is 15.3 Å². The van der Waals surface area contributed by atoms with Crippen molar-refractivity contribution >= 4 is 29.3 Å². The van der Waals surface area contributed by atoms with Gasteiger partial charge in [0.1, 0.15) is 17.5 Å². The zero-order valence-corrected chi connectivity index (χ0v) is 16.5. The van der Waals surface area contributed by atoms with E-state index in [2.05, 4.69) is 25.5 Å². The Labute approximate surface area is 163 Å². The van der Waals surface area contributed by atoms with Crippen molar-refractivity contribution in [3.8, 4) is 0 Å². The molecule has 2 N–H and O–H groups in total. The van der Waals surface area contributed by atoms with Crippen LogP contribution in [0.5, 0.6) is 0 Å². The number of carbonyl (C=O) groups excluding carboxylic acids is 1. The van der Waals surface area contributed by atoms with E-state index >= 15 is 0 Å². The highest BCUT2D eigenvalue weighted by Crippen LogP contribution is 2.17. The van der Waals surface area contributed by atoms with Crippen molar-refractivity contribution in [1.29, 1.82) is 0 Å². The minimum absolute atomic E-state index is 0.0719. The molecular formula is C19H25N5O2S. The minimum atomic E-state index is -0.0719. The summed E-state index contributed by atoms with van der Waals surface area (Å²) in [6.45, 7) is 6.09. The summed E-state index contributed by atoms with van der Waals surface area (Å²) in [4.78, 5) is 24.5. The second kappa shape index (κ2) is 9.57. The molecule has 3 rings (SSSR count). The van der Waals surface area contributed by atoms with E-state index in [0.29, 0.717) is 18.7 Å². The Morgan fingerprint density at radius 1 is 1.19 bits per heavy atom. The van der Waals surface area contributed by atoms with Crippen molar-refractivity contribution < 1.29 is 9.53 Å². The molecule has 144 valence electrons. The molecule has 1 aromatic heterocycles. The van der Waals surface area contributed by atoms with Gasteiger partial charge in [-0.1, -0.05) is 0 Å². The Balaban J connectivity index is 1.49. The normalized spacial score (nSPS) is 14.1. The fraction of sp³-hybridized carbons (Fsp3) is 0.421. The zero-order chi connectivity index (χ0) is 19.1. The average molecular weight is 388 g/mol. The molecule has 1 aromatic carbocycles. The van der Waals surface area contributed by atoms with Crippen LogP contribution in [0.25, 0.3) is 0 Å². The van der Waals surface area contributed by atoms with Crippen LogP contribution in [0.2, 0.25) is 0 Å². The summed E-state index contributed by atoms with van der Waals surface area (Å²) in [5.41, 5.74) is 0.667. The Kier molecular flexibility index (Phi) is 6.89. The molecule has 0 spiro atoms. The van der Waals surface area contributed by atoms with Crippen molar-refractivity contribution in [2.75, 3.05) is 55.9 Å². The first-order valence-electron chi connectivity index (χ1n) is 9.00. The molecule has 7 nitrogen and oxygen atoms in total. The average Bonchev–Trinajstić information content (AvgIpc) is 2.71. The van der Waals surface area contributed by atoms with Crippen LogP contribution in [0.4, 0.5) is 11.6 Å². The van der Waals surface area contributed by atoms with Gasteiger partial charge < -0.3 is 20.3 Å². The summed E-state index contributed by atoms with van der Waals surface area (Å²) < 4.78 is 5.39. The van der Waals surface area contributed by atoms with Crippen molar-refractivity contribution in [2.24, 2.45) is 0 Å². The van der Waals surface area contributed by atoms with E-state index in [1.807, 2.05) is 43.5 Å². The molecule has 27 heavy (non-hydrogen) atoms. The predicted molar refractivity (Wildman–Crippen MR) is 109 cm³/mol. The largest absolute Gasteiger partial charge is 0.378 e. The molecule has 1 aliphatic rings. The first kappa shape index (κ1) is 19.4. The number of nitrogens with one attached hydrogen (secondary N) is 2. The molecule has 2 aromatic rings. The van der Waals surface area contributed by atoms with Gasteiger partial charge in [-0.25, -0.2) is 9.97 Å². The van der Waals surface area contributed by atoms with Crippen LogP contribution in [0, 0.1) is 6.92 Å².